The molecule has 0 aromatic heterocycles. The summed E-state index contributed by atoms with van der Waals surface area (Å²) < 4.78 is 40.6. The average molecular weight is 380 g/mol. The minimum atomic E-state index is -3.94. The van der Waals surface area contributed by atoms with Crippen molar-refractivity contribution < 1.29 is 22.6 Å². The highest BCUT2D eigenvalue weighted by Gasteiger charge is 2.34. The lowest BCUT2D eigenvalue weighted by molar-refractivity contribution is -0.917. The largest absolute Gasteiger partial charge is 0.329 e. The Balaban J connectivity index is 1.72. The summed E-state index contributed by atoms with van der Waals surface area (Å²) in [7, 11) is -3.94. The summed E-state index contributed by atoms with van der Waals surface area (Å²) in [6.07, 6.45) is 0. The predicted molar refractivity (Wildman–Crippen MR) is 92.7 cm³/mol. The summed E-state index contributed by atoms with van der Waals surface area (Å²) in [6.45, 7) is 1.96. The van der Waals surface area contributed by atoms with Gasteiger partial charge in [0, 0.05) is 11.6 Å². The summed E-state index contributed by atoms with van der Waals surface area (Å²) in [5, 5.41) is 11.1. The lowest BCUT2D eigenvalue weighted by atomic mass is 10.2. The molecule has 138 valence electrons. The molecular formula is C17H19FN3O4S+. The van der Waals surface area contributed by atoms with E-state index in [4.69, 9.17) is 0 Å². The van der Waals surface area contributed by atoms with Gasteiger partial charge in [-0.15, -0.1) is 0 Å². The number of hydrogen-bond donors (Lipinski definition) is 1. The minimum Gasteiger partial charge on any atom is -0.329 e. The molecule has 0 bridgehead atoms. The molecule has 1 heterocycles. The fourth-order valence-corrected chi connectivity index (χ4v) is 4.69. The van der Waals surface area contributed by atoms with E-state index in [1.165, 1.54) is 34.6 Å². The Hall–Kier alpha value is -2.36. The minimum absolute atomic E-state index is 0.234. The Bertz CT molecular complexity index is 912. The summed E-state index contributed by atoms with van der Waals surface area (Å²) in [4.78, 5) is 11.2. The molecule has 1 aliphatic heterocycles. The summed E-state index contributed by atoms with van der Waals surface area (Å²) in [6, 6.07) is 11.9. The number of benzene rings is 2. The van der Waals surface area contributed by atoms with Crippen molar-refractivity contribution in [3.8, 4) is 0 Å². The fraction of sp³-hybridized carbons (Fsp3) is 0.294. The van der Waals surface area contributed by atoms with Crippen LogP contribution in [0.1, 0.15) is 5.56 Å². The molecule has 26 heavy (non-hydrogen) atoms. The maximum Gasteiger partial charge on any atom is 0.289 e. The second kappa shape index (κ2) is 7.48. The molecule has 0 aliphatic carbocycles. The van der Waals surface area contributed by atoms with Crippen molar-refractivity contribution in [3.63, 3.8) is 0 Å². The Labute approximate surface area is 150 Å². The summed E-state index contributed by atoms with van der Waals surface area (Å²) >= 11 is 0. The molecule has 0 radical (unpaired) electrons. The maximum absolute atomic E-state index is 13.8. The first-order chi connectivity index (χ1) is 12.4. The van der Waals surface area contributed by atoms with E-state index >= 15 is 0 Å². The van der Waals surface area contributed by atoms with E-state index in [9.17, 15) is 22.9 Å². The van der Waals surface area contributed by atoms with Gasteiger partial charge in [-0.2, -0.15) is 4.31 Å². The molecule has 3 rings (SSSR count). The van der Waals surface area contributed by atoms with Gasteiger partial charge in [-0.05, 0) is 12.1 Å². The monoisotopic (exact) mass is 380 g/mol. The molecular weight excluding hydrogens is 361 g/mol. The van der Waals surface area contributed by atoms with Crippen LogP contribution in [0, 0.1) is 15.9 Å². The van der Waals surface area contributed by atoms with Gasteiger partial charge in [-0.1, -0.05) is 30.3 Å². The third kappa shape index (κ3) is 3.74. The van der Waals surface area contributed by atoms with E-state index in [0.29, 0.717) is 25.2 Å². The smallest absolute Gasteiger partial charge is 0.289 e. The standard InChI is InChI=1S/C17H18FN3O4S/c18-15-6-2-1-5-14(15)13-19-9-11-20(12-10-19)26(24,25)17-8-4-3-7-16(17)21(22)23/h1-8H,9-13H2/p+1. The number of quaternary nitrogens is 1. The Morgan fingerprint density at radius 3 is 2.35 bits per heavy atom. The molecule has 0 atom stereocenters. The van der Waals surface area contributed by atoms with Gasteiger partial charge < -0.3 is 4.90 Å². The molecule has 0 amide bonds. The van der Waals surface area contributed by atoms with Crippen LogP contribution in [0.15, 0.2) is 53.4 Å². The summed E-state index contributed by atoms with van der Waals surface area (Å²) in [5.41, 5.74) is 0.172. The first kappa shape index (κ1) is 18.4. The van der Waals surface area contributed by atoms with E-state index in [0.717, 1.165) is 4.90 Å². The summed E-state index contributed by atoms with van der Waals surface area (Å²) in [5.74, 6) is -0.269. The zero-order valence-corrected chi connectivity index (χ0v) is 14.8. The van der Waals surface area contributed by atoms with Crippen LogP contribution in [0.3, 0.4) is 0 Å². The molecule has 1 saturated heterocycles. The first-order valence-electron chi connectivity index (χ1n) is 8.20. The van der Waals surface area contributed by atoms with Crippen molar-refractivity contribution in [2.45, 2.75) is 11.4 Å². The second-order valence-corrected chi connectivity index (χ2v) is 8.05. The van der Waals surface area contributed by atoms with Crippen molar-refractivity contribution >= 4 is 15.7 Å². The molecule has 1 N–H and O–H groups in total. The lowest BCUT2D eigenvalue weighted by Gasteiger charge is -2.31. The Kier molecular flexibility index (Phi) is 5.30. The van der Waals surface area contributed by atoms with Gasteiger partial charge >= 0.3 is 0 Å². The van der Waals surface area contributed by atoms with Gasteiger partial charge in [0.25, 0.3) is 5.69 Å². The molecule has 9 heteroatoms. The van der Waals surface area contributed by atoms with Gasteiger partial charge in [0.15, 0.2) is 4.90 Å². The molecule has 7 nitrogen and oxygen atoms in total. The van der Waals surface area contributed by atoms with E-state index in [1.54, 1.807) is 18.2 Å². The van der Waals surface area contributed by atoms with Crippen LogP contribution in [0.2, 0.25) is 0 Å². The number of nitrogens with zero attached hydrogens (tertiary/aromatic N) is 2. The zero-order valence-electron chi connectivity index (χ0n) is 14.0. The van der Waals surface area contributed by atoms with Crippen molar-refractivity contribution in [3.05, 3.63) is 70.0 Å². The Morgan fingerprint density at radius 1 is 1.08 bits per heavy atom. The van der Waals surface area contributed by atoms with Crippen molar-refractivity contribution in [2.75, 3.05) is 26.2 Å². The second-order valence-electron chi connectivity index (χ2n) is 6.15. The number of piperazine rings is 1. The Morgan fingerprint density at radius 2 is 1.69 bits per heavy atom. The topological polar surface area (TPSA) is 85.0 Å². The normalized spacial score (nSPS) is 16.5. The van der Waals surface area contributed by atoms with Crippen LogP contribution in [-0.4, -0.2) is 43.8 Å². The number of rotatable bonds is 5. The molecule has 1 aliphatic rings. The van der Waals surface area contributed by atoms with Crippen molar-refractivity contribution in [1.82, 2.24) is 4.31 Å². The van der Waals surface area contributed by atoms with Crippen LogP contribution in [0.25, 0.3) is 0 Å². The van der Waals surface area contributed by atoms with Crippen LogP contribution in [-0.2, 0) is 16.6 Å². The molecule has 2 aromatic rings. The van der Waals surface area contributed by atoms with Crippen molar-refractivity contribution in [1.29, 1.82) is 0 Å². The predicted octanol–water partition coefficient (Wildman–Crippen LogP) is 0.823. The van der Waals surface area contributed by atoms with Gasteiger partial charge in [0.2, 0.25) is 10.0 Å². The van der Waals surface area contributed by atoms with Gasteiger partial charge in [-0.3, -0.25) is 10.1 Å². The van der Waals surface area contributed by atoms with Crippen LogP contribution in [0.5, 0.6) is 0 Å². The van der Waals surface area contributed by atoms with Crippen molar-refractivity contribution in [2.24, 2.45) is 0 Å². The number of nitro benzene ring substituents is 1. The number of nitrogens with one attached hydrogen (secondary N) is 1. The highest BCUT2D eigenvalue weighted by atomic mass is 32.2. The molecule has 0 saturated carbocycles. The maximum atomic E-state index is 13.8. The average Bonchev–Trinajstić information content (AvgIpc) is 2.64. The third-order valence-corrected chi connectivity index (χ3v) is 6.45. The SMILES string of the molecule is O=[N+]([O-])c1ccccc1S(=O)(=O)N1CC[NH+](Cc2ccccc2F)CC1. The number of hydrogen-bond acceptors (Lipinski definition) is 4. The molecule has 2 aromatic carbocycles. The van der Waals surface area contributed by atoms with E-state index in [2.05, 4.69) is 0 Å². The van der Waals surface area contributed by atoms with Gasteiger partial charge in [0.1, 0.15) is 12.4 Å². The molecule has 1 fully saturated rings. The van der Waals surface area contributed by atoms with Gasteiger partial charge in [-0.25, -0.2) is 12.8 Å². The number of para-hydroxylation sites is 1. The third-order valence-electron chi connectivity index (χ3n) is 4.51. The lowest BCUT2D eigenvalue weighted by Crippen LogP contribution is -3.13. The van der Waals surface area contributed by atoms with Crippen LogP contribution in [0.4, 0.5) is 10.1 Å². The molecule has 0 spiro atoms. The van der Waals surface area contributed by atoms with Gasteiger partial charge in [0.05, 0.1) is 31.1 Å². The van der Waals surface area contributed by atoms with E-state index < -0.39 is 20.6 Å². The molecule has 0 unspecified atom stereocenters. The van der Waals surface area contributed by atoms with Crippen LogP contribution < -0.4 is 4.90 Å². The quantitative estimate of drug-likeness (QED) is 0.615. The highest BCUT2D eigenvalue weighted by molar-refractivity contribution is 7.89. The first-order valence-corrected chi connectivity index (χ1v) is 9.64. The number of halogens is 1. The van der Waals surface area contributed by atoms with E-state index in [-0.39, 0.29) is 23.8 Å². The number of nitro groups is 1. The number of sulfonamides is 1. The zero-order chi connectivity index (χ0) is 18.7. The van der Waals surface area contributed by atoms with Crippen LogP contribution >= 0.6 is 0 Å². The highest BCUT2D eigenvalue weighted by Crippen LogP contribution is 2.26. The fourth-order valence-electron chi connectivity index (χ4n) is 3.10. The van der Waals surface area contributed by atoms with E-state index in [1.807, 2.05) is 0 Å².